The number of hydrogen-bond donors (Lipinski definition) is 2. The van der Waals surface area contributed by atoms with Gasteiger partial charge in [-0.25, -0.2) is 19.6 Å². The van der Waals surface area contributed by atoms with E-state index in [1.807, 2.05) is 31.2 Å². The summed E-state index contributed by atoms with van der Waals surface area (Å²) in [5.74, 6) is -0.161. The van der Waals surface area contributed by atoms with Crippen LogP contribution >= 0.6 is 0 Å². The van der Waals surface area contributed by atoms with Crippen LogP contribution in [-0.2, 0) is 11.2 Å². The van der Waals surface area contributed by atoms with Crippen molar-refractivity contribution in [3.05, 3.63) is 72.2 Å². The molecule has 0 unspecified atom stereocenters. The monoisotopic (exact) mass is 420 g/mol. The van der Waals surface area contributed by atoms with E-state index >= 15 is 0 Å². The molecule has 1 atom stereocenters. The lowest BCUT2D eigenvalue weighted by Crippen LogP contribution is -2.32. The van der Waals surface area contributed by atoms with E-state index < -0.39 is 18.1 Å². The summed E-state index contributed by atoms with van der Waals surface area (Å²) in [7, 11) is 3.19. The molecule has 31 heavy (non-hydrogen) atoms. The lowest BCUT2D eigenvalue weighted by molar-refractivity contribution is -0.137. The van der Waals surface area contributed by atoms with Crippen LogP contribution in [0.2, 0.25) is 0 Å². The molecule has 160 valence electrons. The number of carboxylic acid groups (broad SMARTS) is 1. The van der Waals surface area contributed by atoms with E-state index in [0.29, 0.717) is 11.6 Å². The van der Waals surface area contributed by atoms with Gasteiger partial charge in [-0.2, -0.15) is 0 Å². The van der Waals surface area contributed by atoms with Crippen LogP contribution in [0.25, 0.3) is 11.1 Å². The van der Waals surface area contributed by atoms with Gasteiger partial charge in [-0.3, -0.25) is 0 Å². The number of rotatable bonds is 7. The molecular formula is C23H24N4O4. The third-order valence-electron chi connectivity index (χ3n) is 4.69. The summed E-state index contributed by atoms with van der Waals surface area (Å²) in [6.45, 7) is 1.98. The minimum Gasteiger partial charge on any atom is -0.480 e. The van der Waals surface area contributed by atoms with Crippen molar-refractivity contribution in [2.75, 3.05) is 19.4 Å². The molecular weight excluding hydrogens is 396 g/mol. The molecule has 0 bridgehead atoms. The molecule has 3 rings (SSSR count). The molecule has 0 aliphatic rings. The van der Waals surface area contributed by atoms with E-state index in [2.05, 4.69) is 15.3 Å². The summed E-state index contributed by atoms with van der Waals surface area (Å²) in [6.07, 6.45) is 2.79. The van der Waals surface area contributed by atoms with E-state index in [-0.39, 0.29) is 6.42 Å². The number of aromatic nitrogens is 2. The number of carbonyl (C=O) groups is 2. The zero-order valence-corrected chi connectivity index (χ0v) is 17.6. The summed E-state index contributed by atoms with van der Waals surface area (Å²) in [6, 6.07) is 13.6. The van der Waals surface area contributed by atoms with Crippen molar-refractivity contribution >= 4 is 17.9 Å². The quantitative estimate of drug-likeness (QED) is 0.601. The Balaban J connectivity index is 1.78. The average Bonchev–Trinajstić information content (AvgIpc) is 2.75. The van der Waals surface area contributed by atoms with Crippen molar-refractivity contribution in [1.29, 1.82) is 0 Å². The maximum atomic E-state index is 11.9. The van der Waals surface area contributed by atoms with E-state index in [9.17, 15) is 14.7 Å². The van der Waals surface area contributed by atoms with Crippen molar-refractivity contribution in [2.24, 2.45) is 0 Å². The minimum absolute atomic E-state index is 0.217. The molecule has 0 saturated carbocycles. The smallest absolute Gasteiger partial charge is 0.414 e. The molecule has 8 heteroatoms. The van der Waals surface area contributed by atoms with Gasteiger partial charge >= 0.3 is 12.1 Å². The molecule has 1 amide bonds. The van der Waals surface area contributed by atoms with Crippen LogP contribution in [0, 0.1) is 6.92 Å². The topological polar surface area (TPSA) is 105 Å². The number of ether oxygens (including phenoxy) is 1. The second-order valence-corrected chi connectivity index (χ2v) is 7.25. The number of anilines is 1. The Hall–Kier alpha value is -3.94. The predicted molar refractivity (Wildman–Crippen MR) is 117 cm³/mol. The van der Waals surface area contributed by atoms with Crippen LogP contribution in [0.15, 0.2) is 61.1 Å². The molecule has 0 radical (unpaired) electrons. The Morgan fingerprint density at radius 2 is 1.81 bits per heavy atom. The molecule has 1 heterocycles. The maximum absolute atomic E-state index is 11.9. The van der Waals surface area contributed by atoms with Crippen molar-refractivity contribution in [2.45, 2.75) is 19.4 Å². The normalized spacial score (nSPS) is 11.5. The fraction of sp³-hybridized carbons (Fsp3) is 0.217. The Kier molecular flexibility index (Phi) is 6.81. The van der Waals surface area contributed by atoms with E-state index in [4.69, 9.17) is 4.74 Å². The molecule has 0 fully saturated rings. The first-order valence-corrected chi connectivity index (χ1v) is 9.68. The highest BCUT2D eigenvalue weighted by molar-refractivity contribution is 5.82. The second kappa shape index (κ2) is 9.71. The number of aliphatic carboxylic acids is 1. The van der Waals surface area contributed by atoms with Gasteiger partial charge in [0.15, 0.2) is 0 Å². The lowest BCUT2D eigenvalue weighted by Gasteiger charge is -2.18. The van der Waals surface area contributed by atoms with E-state index in [1.54, 1.807) is 44.6 Å². The number of benzene rings is 2. The largest absolute Gasteiger partial charge is 0.480 e. The maximum Gasteiger partial charge on any atom is 0.414 e. The van der Waals surface area contributed by atoms with Gasteiger partial charge in [-0.1, -0.05) is 36.4 Å². The van der Waals surface area contributed by atoms with Crippen LogP contribution < -0.4 is 10.1 Å². The molecule has 0 aliphatic heterocycles. The summed E-state index contributed by atoms with van der Waals surface area (Å²) >= 11 is 0. The number of aryl methyl sites for hydroxylation is 1. The van der Waals surface area contributed by atoms with Crippen LogP contribution in [0.3, 0.4) is 0 Å². The Labute approximate surface area is 180 Å². The Morgan fingerprint density at radius 3 is 2.45 bits per heavy atom. The minimum atomic E-state index is -1.00. The lowest BCUT2D eigenvalue weighted by atomic mass is 10.0. The van der Waals surface area contributed by atoms with Crippen molar-refractivity contribution < 1.29 is 19.4 Å². The standard InChI is InChI=1S/C23H24N4O4/c1-15-6-4-5-7-18(15)19-13-24-14-25-21(19)26-20(22(28)29)12-16-8-10-17(11-9-16)31-23(30)27(2)3/h4-11,13-14,20H,12H2,1-3H3,(H,28,29)(H,24,25,26)/t20-/m0/s1. The Bertz CT molecular complexity index is 1070. The molecule has 0 aliphatic carbocycles. The molecule has 8 nitrogen and oxygen atoms in total. The van der Waals surface area contributed by atoms with Gasteiger partial charge in [0.1, 0.15) is 23.9 Å². The summed E-state index contributed by atoms with van der Waals surface area (Å²) in [5.41, 5.74) is 3.48. The van der Waals surface area contributed by atoms with Crippen molar-refractivity contribution in [1.82, 2.24) is 14.9 Å². The molecule has 2 N–H and O–H groups in total. The highest BCUT2D eigenvalue weighted by Gasteiger charge is 2.21. The van der Waals surface area contributed by atoms with Crippen molar-refractivity contribution in [3.63, 3.8) is 0 Å². The SMILES string of the molecule is Cc1ccccc1-c1cncnc1N[C@@H](Cc1ccc(OC(=O)N(C)C)cc1)C(=O)O. The fourth-order valence-electron chi connectivity index (χ4n) is 3.00. The van der Waals surface area contributed by atoms with Crippen LogP contribution in [0.4, 0.5) is 10.6 Å². The first-order chi connectivity index (χ1) is 14.8. The first-order valence-electron chi connectivity index (χ1n) is 9.68. The number of nitrogens with one attached hydrogen (secondary N) is 1. The number of carbonyl (C=O) groups excluding carboxylic acids is 1. The van der Waals surface area contributed by atoms with Crippen LogP contribution in [0.5, 0.6) is 5.75 Å². The first kappa shape index (κ1) is 21.8. The number of amides is 1. The zero-order valence-electron chi connectivity index (χ0n) is 17.6. The highest BCUT2D eigenvalue weighted by atomic mass is 16.6. The van der Waals surface area contributed by atoms with Gasteiger partial charge in [0.05, 0.1) is 0 Å². The van der Waals surface area contributed by atoms with Gasteiger partial charge in [-0.05, 0) is 35.7 Å². The van der Waals surface area contributed by atoms with Gasteiger partial charge in [-0.15, -0.1) is 0 Å². The fourth-order valence-corrected chi connectivity index (χ4v) is 3.00. The Morgan fingerprint density at radius 1 is 1.10 bits per heavy atom. The summed E-state index contributed by atoms with van der Waals surface area (Å²) in [5, 5.41) is 12.8. The predicted octanol–water partition coefficient (Wildman–Crippen LogP) is 3.62. The van der Waals surface area contributed by atoms with Gasteiger partial charge in [0.2, 0.25) is 0 Å². The van der Waals surface area contributed by atoms with Crippen LogP contribution in [-0.4, -0.2) is 52.2 Å². The third-order valence-corrected chi connectivity index (χ3v) is 4.69. The van der Waals surface area contributed by atoms with Gasteiger partial charge in [0, 0.05) is 32.3 Å². The summed E-state index contributed by atoms with van der Waals surface area (Å²) < 4.78 is 5.19. The molecule has 0 saturated heterocycles. The number of nitrogens with zero attached hydrogens (tertiary/aromatic N) is 3. The average molecular weight is 420 g/mol. The zero-order chi connectivity index (χ0) is 22.4. The number of hydrogen-bond acceptors (Lipinski definition) is 6. The molecule has 3 aromatic rings. The second-order valence-electron chi connectivity index (χ2n) is 7.25. The third kappa shape index (κ3) is 5.57. The van der Waals surface area contributed by atoms with Crippen LogP contribution in [0.1, 0.15) is 11.1 Å². The summed E-state index contributed by atoms with van der Waals surface area (Å²) in [4.78, 5) is 33.3. The molecule has 2 aromatic carbocycles. The van der Waals surface area contributed by atoms with Gasteiger partial charge in [0.25, 0.3) is 0 Å². The highest BCUT2D eigenvalue weighted by Crippen LogP contribution is 2.28. The van der Waals surface area contributed by atoms with Crippen molar-refractivity contribution in [3.8, 4) is 16.9 Å². The van der Waals surface area contributed by atoms with E-state index in [0.717, 1.165) is 22.3 Å². The van der Waals surface area contributed by atoms with E-state index in [1.165, 1.54) is 11.2 Å². The van der Waals surface area contributed by atoms with Gasteiger partial charge < -0.3 is 20.1 Å². The molecule has 0 spiro atoms. The number of carboxylic acids is 1. The molecule has 1 aromatic heterocycles.